The molecule has 104 valence electrons. The summed E-state index contributed by atoms with van der Waals surface area (Å²) in [6.45, 7) is 5.23. The minimum Gasteiger partial charge on any atom is -0.361 e. The molecule has 2 aromatic rings. The largest absolute Gasteiger partial charge is 0.361 e. The molecule has 0 radical (unpaired) electrons. The fourth-order valence-corrected chi connectivity index (χ4v) is 2.32. The molecule has 0 aliphatic carbocycles. The number of nitrogens with one attached hydrogen (secondary N) is 1. The predicted molar refractivity (Wildman–Crippen MR) is 82.3 cm³/mol. The van der Waals surface area contributed by atoms with Crippen LogP contribution in [-0.2, 0) is 6.42 Å². The topological polar surface area (TPSA) is 45.0 Å². The molecule has 1 atom stereocenters. The van der Waals surface area contributed by atoms with Gasteiger partial charge in [-0.05, 0) is 50.5 Å². The van der Waals surface area contributed by atoms with E-state index in [-0.39, 0.29) is 0 Å². The van der Waals surface area contributed by atoms with Crippen LogP contribution in [-0.4, -0.2) is 36.6 Å². The van der Waals surface area contributed by atoms with Crippen molar-refractivity contribution in [2.45, 2.75) is 19.8 Å². The minimum absolute atomic E-state index is 0.621. The van der Waals surface area contributed by atoms with Crippen LogP contribution in [0.15, 0.2) is 30.5 Å². The van der Waals surface area contributed by atoms with Gasteiger partial charge in [-0.25, -0.2) is 0 Å². The Morgan fingerprint density at radius 1 is 1.26 bits per heavy atom. The highest BCUT2D eigenvalue weighted by Gasteiger charge is 2.06. The van der Waals surface area contributed by atoms with E-state index in [1.165, 1.54) is 22.9 Å². The molecule has 0 aliphatic heterocycles. The third kappa shape index (κ3) is 3.82. The van der Waals surface area contributed by atoms with Gasteiger partial charge in [0.2, 0.25) is 0 Å². The average Bonchev–Trinajstić information content (AvgIpc) is 2.85. The van der Waals surface area contributed by atoms with Crippen LogP contribution in [0.25, 0.3) is 10.9 Å². The van der Waals surface area contributed by atoms with Gasteiger partial charge < -0.3 is 15.6 Å². The molecule has 3 heteroatoms. The van der Waals surface area contributed by atoms with E-state index in [0.29, 0.717) is 5.92 Å². The lowest BCUT2D eigenvalue weighted by atomic mass is 10.1. The standard InChI is InChI=1S/C16H25N3/c1-13(11-17)7-9-19(2)10-8-14-12-18-16-6-4-3-5-15(14)16/h3-6,12-13,18H,7-11,17H2,1-2H3. The molecular formula is C16H25N3. The van der Waals surface area contributed by atoms with Gasteiger partial charge in [-0.1, -0.05) is 25.1 Å². The Morgan fingerprint density at radius 3 is 2.84 bits per heavy atom. The van der Waals surface area contributed by atoms with Crippen molar-refractivity contribution in [3.05, 3.63) is 36.0 Å². The monoisotopic (exact) mass is 259 g/mol. The molecule has 0 saturated heterocycles. The van der Waals surface area contributed by atoms with Crippen molar-refractivity contribution in [1.82, 2.24) is 9.88 Å². The zero-order valence-corrected chi connectivity index (χ0v) is 12.0. The second-order valence-electron chi connectivity index (χ2n) is 5.54. The fourth-order valence-electron chi connectivity index (χ4n) is 2.32. The molecule has 0 spiro atoms. The number of benzene rings is 1. The van der Waals surface area contributed by atoms with Crippen molar-refractivity contribution in [3.8, 4) is 0 Å². The summed E-state index contributed by atoms with van der Waals surface area (Å²) in [6.07, 6.45) is 4.42. The Kier molecular flexibility index (Phi) is 5.00. The van der Waals surface area contributed by atoms with E-state index in [4.69, 9.17) is 5.73 Å². The van der Waals surface area contributed by atoms with Gasteiger partial charge in [0.05, 0.1) is 0 Å². The Bertz CT molecular complexity index is 503. The maximum atomic E-state index is 5.65. The Hall–Kier alpha value is -1.32. The van der Waals surface area contributed by atoms with Crippen molar-refractivity contribution in [2.24, 2.45) is 11.7 Å². The van der Waals surface area contributed by atoms with Gasteiger partial charge in [0, 0.05) is 23.6 Å². The van der Waals surface area contributed by atoms with E-state index in [1.807, 2.05) is 0 Å². The average molecular weight is 259 g/mol. The maximum Gasteiger partial charge on any atom is 0.0456 e. The summed E-state index contributed by atoms with van der Waals surface area (Å²) in [5, 5.41) is 1.35. The maximum absolute atomic E-state index is 5.65. The molecule has 0 aliphatic rings. The Balaban J connectivity index is 1.85. The van der Waals surface area contributed by atoms with Crippen LogP contribution in [0.2, 0.25) is 0 Å². The van der Waals surface area contributed by atoms with Crippen LogP contribution in [0, 0.1) is 5.92 Å². The molecule has 1 heterocycles. The number of H-pyrrole nitrogens is 1. The highest BCUT2D eigenvalue weighted by molar-refractivity contribution is 5.83. The van der Waals surface area contributed by atoms with E-state index in [0.717, 1.165) is 26.1 Å². The zero-order valence-electron chi connectivity index (χ0n) is 12.0. The highest BCUT2D eigenvalue weighted by Crippen LogP contribution is 2.18. The SMILES string of the molecule is CC(CN)CCN(C)CCc1c[nH]c2ccccc12. The van der Waals surface area contributed by atoms with Gasteiger partial charge in [0.1, 0.15) is 0 Å². The number of hydrogen-bond acceptors (Lipinski definition) is 2. The van der Waals surface area contributed by atoms with Gasteiger partial charge in [0.15, 0.2) is 0 Å². The van der Waals surface area contributed by atoms with Gasteiger partial charge in [0.25, 0.3) is 0 Å². The lowest BCUT2D eigenvalue weighted by molar-refractivity contribution is 0.310. The molecule has 2 rings (SSSR count). The van der Waals surface area contributed by atoms with E-state index < -0.39 is 0 Å². The van der Waals surface area contributed by atoms with Crippen LogP contribution >= 0.6 is 0 Å². The summed E-state index contributed by atoms with van der Waals surface area (Å²) in [5.74, 6) is 0.621. The molecule has 0 fully saturated rings. The molecule has 19 heavy (non-hydrogen) atoms. The first-order chi connectivity index (χ1) is 9.20. The normalized spacial score (nSPS) is 13.3. The van der Waals surface area contributed by atoms with Crippen molar-refractivity contribution in [2.75, 3.05) is 26.7 Å². The van der Waals surface area contributed by atoms with Crippen LogP contribution in [0.1, 0.15) is 18.9 Å². The third-order valence-electron chi connectivity index (χ3n) is 3.84. The zero-order chi connectivity index (χ0) is 13.7. The quantitative estimate of drug-likeness (QED) is 0.803. The molecule has 0 amide bonds. The number of aromatic amines is 1. The summed E-state index contributed by atoms with van der Waals surface area (Å²) in [7, 11) is 2.19. The van der Waals surface area contributed by atoms with Crippen LogP contribution < -0.4 is 5.73 Å². The molecule has 1 aromatic carbocycles. The lowest BCUT2D eigenvalue weighted by Crippen LogP contribution is -2.25. The number of fused-ring (bicyclic) bond motifs is 1. The van der Waals surface area contributed by atoms with Gasteiger partial charge >= 0.3 is 0 Å². The van der Waals surface area contributed by atoms with Crippen molar-refractivity contribution in [3.63, 3.8) is 0 Å². The molecule has 0 saturated carbocycles. The van der Waals surface area contributed by atoms with E-state index in [2.05, 4.69) is 54.3 Å². The summed E-state index contributed by atoms with van der Waals surface area (Å²) in [6, 6.07) is 8.50. The molecule has 3 N–H and O–H groups in total. The van der Waals surface area contributed by atoms with Gasteiger partial charge in [-0.3, -0.25) is 0 Å². The molecular weight excluding hydrogens is 234 g/mol. The van der Waals surface area contributed by atoms with Gasteiger partial charge in [-0.2, -0.15) is 0 Å². The van der Waals surface area contributed by atoms with E-state index in [9.17, 15) is 0 Å². The van der Waals surface area contributed by atoms with Crippen LogP contribution in [0.4, 0.5) is 0 Å². The molecule has 1 unspecified atom stereocenters. The van der Waals surface area contributed by atoms with E-state index >= 15 is 0 Å². The van der Waals surface area contributed by atoms with Crippen molar-refractivity contribution >= 4 is 10.9 Å². The number of aromatic nitrogens is 1. The first-order valence-corrected chi connectivity index (χ1v) is 7.14. The van der Waals surface area contributed by atoms with Crippen LogP contribution in [0.5, 0.6) is 0 Å². The number of likely N-dealkylation sites (N-methyl/N-ethyl adjacent to an activating group) is 1. The second kappa shape index (κ2) is 6.73. The number of nitrogens with two attached hydrogens (primary N) is 1. The fraction of sp³-hybridized carbons (Fsp3) is 0.500. The predicted octanol–water partition coefficient (Wildman–Crippen LogP) is 2.63. The van der Waals surface area contributed by atoms with Crippen molar-refractivity contribution < 1.29 is 0 Å². The minimum atomic E-state index is 0.621. The smallest absolute Gasteiger partial charge is 0.0456 e. The Morgan fingerprint density at radius 2 is 2.05 bits per heavy atom. The Labute approximate surface area is 115 Å². The second-order valence-corrected chi connectivity index (χ2v) is 5.54. The summed E-state index contributed by atoms with van der Waals surface area (Å²) >= 11 is 0. The number of rotatable bonds is 7. The third-order valence-corrected chi connectivity index (χ3v) is 3.84. The van der Waals surface area contributed by atoms with Crippen molar-refractivity contribution in [1.29, 1.82) is 0 Å². The first kappa shape index (κ1) is 14.1. The summed E-state index contributed by atoms with van der Waals surface area (Å²) in [5.41, 5.74) is 8.29. The number of nitrogens with zero attached hydrogens (tertiary/aromatic N) is 1. The van der Waals surface area contributed by atoms with Gasteiger partial charge in [-0.15, -0.1) is 0 Å². The molecule has 0 bridgehead atoms. The molecule has 3 nitrogen and oxygen atoms in total. The first-order valence-electron chi connectivity index (χ1n) is 7.14. The number of para-hydroxylation sites is 1. The molecule has 1 aromatic heterocycles. The lowest BCUT2D eigenvalue weighted by Gasteiger charge is -2.18. The summed E-state index contributed by atoms with van der Waals surface area (Å²) < 4.78 is 0. The van der Waals surface area contributed by atoms with E-state index in [1.54, 1.807) is 0 Å². The number of hydrogen-bond donors (Lipinski definition) is 2. The van der Waals surface area contributed by atoms with Crippen LogP contribution in [0.3, 0.4) is 0 Å². The summed E-state index contributed by atoms with van der Waals surface area (Å²) in [4.78, 5) is 5.73. The highest BCUT2D eigenvalue weighted by atomic mass is 15.1.